The van der Waals surface area contributed by atoms with Gasteiger partial charge in [0.05, 0.1) is 0 Å². The van der Waals surface area contributed by atoms with Crippen molar-refractivity contribution in [3.63, 3.8) is 0 Å². The average molecular weight is 290 g/mol. The number of imidazole rings is 1. The quantitative estimate of drug-likeness (QED) is 0.826. The number of amides is 4. The molecule has 2 fully saturated rings. The highest BCUT2D eigenvalue weighted by Gasteiger charge is 2.54. The van der Waals surface area contributed by atoms with E-state index in [1.165, 1.54) is 4.90 Å². The minimum atomic E-state index is -1.02. The van der Waals surface area contributed by atoms with Gasteiger partial charge in [-0.2, -0.15) is 0 Å². The molecule has 1 spiro atoms. The largest absolute Gasteiger partial charge is 0.338 e. The van der Waals surface area contributed by atoms with Gasteiger partial charge in [-0.3, -0.25) is 19.8 Å². The van der Waals surface area contributed by atoms with Crippen LogP contribution in [0.3, 0.4) is 0 Å². The molecule has 1 aliphatic carbocycles. The number of aromatic nitrogens is 2. The zero-order valence-electron chi connectivity index (χ0n) is 12.0. The van der Waals surface area contributed by atoms with Gasteiger partial charge in [0.25, 0.3) is 0 Å². The SMILES string of the molecule is Cn1ccnc1CCN1C(=O)NC(=O)C2(CCCC2)C1=O. The molecule has 0 atom stereocenters. The molecule has 3 rings (SSSR count). The van der Waals surface area contributed by atoms with E-state index >= 15 is 0 Å². The van der Waals surface area contributed by atoms with Crippen LogP contribution in [0, 0.1) is 5.41 Å². The van der Waals surface area contributed by atoms with Gasteiger partial charge in [-0.25, -0.2) is 9.78 Å². The molecule has 1 aromatic heterocycles. The number of imide groups is 2. The maximum atomic E-state index is 12.6. The molecule has 2 heterocycles. The lowest BCUT2D eigenvalue weighted by Gasteiger charge is -2.36. The van der Waals surface area contributed by atoms with E-state index in [1.807, 2.05) is 17.8 Å². The van der Waals surface area contributed by atoms with Gasteiger partial charge in [-0.1, -0.05) is 12.8 Å². The first-order valence-corrected chi connectivity index (χ1v) is 7.18. The number of nitrogens with one attached hydrogen (secondary N) is 1. The summed E-state index contributed by atoms with van der Waals surface area (Å²) in [6.45, 7) is 0.241. The first-order valence-electron chi connectivity index (χ1n) is 7.18. The lowest BCUT2D eigenvalue weighted by atomic mass is 9.82. The maximum absolute atomic E-state index is 12.6. The fourth-order valence-electron chi connectivity index (χ4n) is 3.20. The Bertz CT molecular complexity index is 601. The second kappa shape index (κ2) is 4.98. The molecular formula is C14H18N4O3. The minimum Gasteiger partial charge on any atom is -0.338 e. The molecule has 7 nitrogen and oxygen atoms in total. The third-order valence-corrected chi connectivity index (χ3v) is 4.49. The summed E-state index contributed by atoms with van der Waals surface area (Å²) >= 11 is 0. The van der Waals surface area contributed by atoms with Crippen molar-refractivity contribution in [2.75, 3.05) is 6.54 Å². The van der Waals surface area contributed by atoms with Gasteiger partial charge >= 0.3 is 6.03 Å². The standard InChI is InChI=1S/C14H18N4O3/c1-17-9-7-15-10(17)4-8-18-12(20)14(5-2-3-6-14)11(19)16-13(18)21/h7,9H,2-6,8H2,1H3,(H,16,19,21). The summed E-state index contributed by atoms with van der Waals surface area (Å²) in [6, 6.07) is -0.614. The van der Waals surface area contributed by atoms with Crippen molar-refractivity contribution in [1.29, 1.82) is 0 Å². The number of barbiturate groups is 1. The molecular weight excluding hydrogens is 272 g/mol. The van der Waals surface area contributed by atoms with Crippen molar-refractivity contribution in [3.05, 3.63) is 18.2 Å². The number of hydrogen-bond donors (Lipinski definition) is 1. The van der Waals surface area contributed by atoms with Crippen LogP contribution in [0.15, 0.2) is 12.4 Å². The first-order chi connectivity index (χ1) is 10.0. The number of urea groups is 1. The second-order valence-electron chi connectivity index (χ2n) is 5.71. The molecule has 2 aliphatic rings. The van der Waals surface area contributed by atoms with Crippen LogP contribution in [0.25, 0.3) is 0 Å². The normalized spacial score (nSPS) is 21.2. The number of rotatable bonds is 3. The van der Waals surface area contributed by atoms with Crippen LogP contribution in [-0.2, 0) is 23.1 Å². The Kier molecular flexibility index (Phi) is 3.27. The van der Waals surface area contributed by atoms with Gasteiger partial charge < -0.3 is 4.57 Å². The van der Waals surface area contributed by atoms with E-state index in [0.717, 1.165) is 18.7 Å². The van der Waals surface area contributed by atoms with E-state index in [2.05, 4.69) is 10.3 Å². The second-order valence-corrected chi connectivity index (χ2v) is 5.71. The van der Waals surface area contributed by atoms with Crippen LogP contribution >= 0.6 is 0 Å². The minimum absolute atomic E-state index is 0.241. The van der Waals surface area contributed by atoms with Crippen LogP contribution in [0.2, 0.25) is 0 Å². The van der Waals surface area contributed by atoms with Crippen LogP contribution in [-0.4, -0.2) is 38.8 Å². The van der Waals surface area contributed by atoms with Crippen molar-refractivity contribution in [3.8, 4) is 0 Å². The van der Waals surface area contributed by atoms with Crippen molar-refractivity contribution >= 4 is 17.8 Å². The Hall–Kier alpha value is -2.18. The van der Waals surface area contributed by atoms with Crippen LogP contribution in [0.4, 0.5) is 4.79 Å². The number of hydrogen-bond acceptors (Lipinski definition) is 4. The summed E-state index contributed by atoms with van der Waals surface area (Å²) in [5, 5.41) is 2.34. The van der Waals surface area contributed by atoms with E-state index in [0.29, 0.717) is 19.3 Å². The van der Waals surface area contributed by atoms with Crippen LogP contribution in [0.5, 0.6) is 0 Å². The Morgan fingerprint density at radius 3 is 2.62 bits per heavy atom. The van der Waals surface area contributed by atoms with Gasteiger partial charge in [-0.05, 0) is 12.8 Å². The lowest BCUT2D eigenvalue weighted by molar-refractivity contribution is -0.151. The zero-order chi connectivity index (χ0) is 15.0. The number of carbonyl (C=O) groups excluding carboxylic acids is 3. The molecule has 0 unspecified atom stereocenters. The van der Waals surface area contributed by atoms with Crippen molar-refractivity contribution in [1.82, 2.24) is 19.8 Å². The van der Waals surface area contributed by atoms with Crippen molar-refractivity contribution in [2.24, 2.45) is 12.5 Å². The Labute approximate surface area is 122 Å². The van der Waals surface area contributed by atoms with Crippen molar-refractivity contribution in [2.45, 2.75) is 32.1 Å². The molecule has 1 saturated carbocycles. The molecule has 21 heavy (non-hydrogen) atoms. The van der Waals surface area contributed by atoms with Crippen LogP contribution in [0.1, 0.15) is 31.5 Å². The van der Waals surface area contributed by atoms with E-state index in [9.17, 15) is 14.4 Å². The van der Waals surface area contributed by atoms with Gasteiger partial charge in [0.15, 0.2) is 0 Å². The van der Waals surface area contributed by atoms with Crippen LogP contribution < -0.4 is 5.32 Å². The average Bonchev–Trinajstić information content (AvgIpc) is 3.07. The first kappa shape index (κ1) is 13.8. The third-order valence-electron chi connectivity index (χ3n) is 4.49. The Morgan fingerprint density at radius 2 is 2.00 bits per heavy atom. The van der Waals surface area contributed by atoms with E-state index in [4.69, 9.17) is 0 Å². The monoisotopic (exact) mass is 290 g/mol. The molecule has 112 valence electrons. The summed E-state index contributed by atoms with van der Waals surface area (Å²) in [4.78, 5) is 42.0. The predicted molar refractivity (Wildman–Crippen MR) is 73.1 cm³/mol. The topological polar surface area (TPSA) is 84.3 Å². The van der Waals surface area contributed by atoms with Crippen molar-refractivity contribution < 1.29 is 14.4 Å². The molecule has 1 saturated heterocycles. The van der Waals surface area contributed by atoms with E-state index < -0.39 is 17.4 Å². The van der Waals surface area contributed by atoms with E-state index in [1.54, 1.807) is 6.20 Å². The third kappa shape index (κ3) is 2.12. The highest BCUT2D eigenvalue weighted by Crippen LogP contribution is 2.41. The highest BCUT2D eigenvalue weighted by atomic mass is 16.2. The Balaban J connectivity index is 1.77. The number of carbonyl (C=O) groups is 3. The van der Waals surface area contributed by atoms with Gasteiger partial charge in [-0.15, -0.1) is 0 Å². The van der Waals surface area contributed by atoms with E-state index in [-0.39, 0.29) is 12.5 Å². The molecule has 7 heteroatoms. The lowest BCUT2D eigenvalue weighted by Crippen LogP contribution is -2.63. The summed E-state index contributed by atoms with van der Waals surface area (Å²) in [5.41, 5.74) is -1.02. The summed E-state index contributed by atoms with van der Waals surface area (Å²) in [7, 11) is 1.86. The number of aryl methyl sites for hydroxylation is 1. The molecule has 1 N–H and O–H groups in total. The fourth-order valence-corrected chi connectivity index (χ4v) is 3.20. The highest BCUT2D eigenvalue weighted by molar-refractivity contribution is 6.19. The number of nitrogens with zero attached hydrogens (tertiary/aromatic N) is 3. The molecule has 4 amide bonds. The summed E-state index contributed by atoms with van der Waals surface area (Å²) < 4.78 is 1.85. The Morgan fingerprint density at radius 1 is 1.29 bits per heavy atom. The molecule has 0 aromatic carbocycles. The van der Waals surface area contributed by atoms with Gasteiger partial charge in [0.1, 0.15) is 11.2 Å². The smallest absolute Gasteiger partial charge is 0.330 e. The zero-order valence-corrected chi connectivity index (χ0v) is 12.0. The molecule has 1 aromatic rings. The summed E-state index contributed by atoms with van der Waals surface area (Å²) in [6.07, 6.45) is 6.73. The maximum Gasteiger partial charge on any atom is 0.330 e. The molecule has 1 aliphatic heterocycles. The fraction of sp³-hybridized carbons (Fsp3) is 0.571. The summed E-state index contributed by atoms with van der Waals surface area (Å²) in [5.74, 6) is 0.0270. The molecule has 0 bridgehead atoms. The van der Waals surface area contributed by atoms with Gasteiger partial charge in [0.2, 0.25) is 11.8 Å². The van der Waals surface area contributed by atoms with Gasteiger partial charge in [0, 0.05) is 32.4 Å². The molecule has 0 radical (unpaired) electrons. The predicted octanol–water partition coefficient (Wildman–Crippen LogP) is 0.601.